The third kappa shape index (κ3) is 2.65. The molecule has 0 radical (unpaired) electrons. The monoisotopic (exact) mass is 354 g/mol. The number of hydrogen-bond donors (Lipinski definition) is 1. The highest BCUT2D eigenvalue weighted by atomic mass is 16.5. The molecule has 26 heavy (non-hydrogen) atoms. The topological polar surface area (TPSA) is 88.8 Å². The summed E-state index contributed by atoms with van der Waals surface area (Å²) in [7, 11) is 0. The molecule has 0 aliphatic carbocycles. The number of aromatic nitrogens is 1. The van der Waals surface area contributed by atoms with Gasteiger partial charge in [0.1, 0.15) is 12.2 Å². The summed E-state index contributed by atoms with van der Waals surface area (Å²) in [6.45, 7) is 1.26. The first kappa shape index (κ1) is 16.4. The van der Waals surface area contributed by atoms with Crippen LogP contribution in [-0.4, -0.2) is 39.5 Å². The van der Waals surface area contributed by atoms with Gasteiger partial charge in [0.05, 0.1) is 6.04 Å². The molecule has 4 rings (SSSR count). The first-order valence-corrected chi connectivity index (χ1v) is 8.54. The quantitative estimate of drug-likeness (QED) is 0.906. The molecule has 1 aromatic carbocycles. The maximum absolute atomic E-state index is 12.8. The fourth-order valence-corrected chi connectivity index (χ4v) is 3.64. The highest BCUT2D eigenvalue weighted by molar-refractivity contribution is 5.97. The van der Waals surface area contributed by atoms with Crippen LogP contribution in [0.15, 0.2) is 41.3 Å². The summed E-state index contributed by atoms with van der Waals surface area (Å²) < 4.78 is 7.33. The average molecular weight is 354 g/mol. The molecular weight excluding hydrogens is 336 g/mol. The Balaban J connectivity index is 1.83. The van der Waals surface area contributed by atoms with E-state index in [1.165, 1.54) is 6.20 Å². The number of carbonyl (C=O) groups is 2. The Morgan fingerprint density at radius 3 is 2.73 bits per heavy atom. The van der Waals surface area contributed by atoms with Crippen molar-refractivity contribution in [2.45, 2.75) is 25.5 Å². The second-order valence-corrected chi connectivity index (χ2v) is 6.58. The molecule has 1 amide bonds. The van der Waals surface area contributed by atoms with E-state index in [0.29, 0.717) is 13.1 Å². The number of hydrogen-bond acceptors (Lipinski definition) is 4. The molecule has 1 aromatic heterocycles. The number of aromatic carboxylic acids is 1. The lowest BCUT2D eigenvalue weighted by Crippen LogP contribution is -2.48. The minimum absolute atomic E-state index is 0.0331. The third-order valence-electron chi connectivity index (χ3n) is 4.93. The van der Waals surface area contributed by atoms with E-state index in [1.807, 2.05) is 30.3 Å². The summed E-state index contributed by atoms with van der Waals surface area (Å²) in [4.78, 5) is 38.7. The molecule has 2 aliphatic heterocycles. The summed E-state index contributed by atoms with van der Waals surface area (Å²) in [5, 5.41) is 9.40. The normalized spacial score (nSPS) is 18.4. The number of nitrogens with zero attached hydrogens (tertiary/aromatic N) is 2. The van der Waals surface area contributed by atoms with Crippen molar-refractivity contribution in [3.63, 3.8) is 0 Å². The number of carboxylic acid groups (broad SMARTS) is 1. The van der Waals surface area contributed by atoms with Crippen molar-refractivity contribution in [2.24, 2.45) is 0 Å². The van der Waals surface area contributed by atoms with Gasteiger partial charge in [-0.15, -0.1) is 0 Å². The second-order valence-electron chi connectivity index (χ2n) is 6.58. The smallest absolute Gasteiger partial charge is 0.341 e. The number of amides is 1. The molecule has 2 aromatic rings. The molecule has 1 saturated heterocycles. The van der Waals surface area contributed by atoms with E-state index in [9.17, 15) is 19.5 Å². The van der Waals surface area contributed by atoms with Gasteiger partial charge in [-0.05, 0) is 18.4 Å². The van der Waals surface area contributed by atoms with Gasteiger partial charge in [-0.3, -0.25) is 9.59 Å². The van der Waals surface area contributed by atoms with E-state index in [1.54, 1.807) is 9.47 Å². The van der Waals surface area contributed by atoms with Crippen molar-refractivity contribution >= 4 is 11.9 Å². The van der Waals surface area contributed by atoms with Gasteiger partial charge in [0.25, 0.3) is 5.91 Å². The van der Waals surface area contributed by atoms with E-state index in [2.05, 4.69) is 0 Å². The lowest BCUT2D eigenvalue weighted by Gasteiger charge is -2.40. The highest BCUT2D eigenvalue weighted by Crippen LogP contribution is 2.33. The van der Waals surface area contributed by atoms with Gasteiger partial charge in [-0.1, -0.05) is 30.3 Å². The molecule has 3 heterocycles. The van der Waals surface area contributed by atoms with Crippen LogP contribution in [-0.2, 0) is 6.61 Å². The molecule has 134 valence electrons. The lowest BCUT2D eigenvalue weighted by atomic mass is 9.99. The SMILES string of the molecule is O=C(O)c1cn2c(c(OCc3ccccc3)c1=O)C(=O)N1CCCC2C1. The van der Waals surface area contributed by atoms with Crippen molar-refractivity contribution in [1.82, 2.24) is 9.47 Å². The van der Waals surface area contributed by atoms with Crippen molar-refractivity contribution < 1.29 is 19.4 Å². The Labute approximate surface area is 149 Å². The highest BCUT2D eigenvalue weighted by Gasteiger charge is 2.38. The van der Waals surface area contributed by atoms with E-state index >= 15 is 0 Å². The van der Waals surface area contributed by atoms with Gasteiger partial charge >= 0.3 is 5.97 Å². The number of ether oxygens (including phenoxy) is 1. The fourth-order valence-electron chi connectivity index (χ4n) is 3.64. The van der Waals surface area contributed by atoms with E-state index < -0.39 is 11.4 Å². The minimum atomic E-state index is -1.32. The Hall–Kier alpha value is -3.09. The molecule has 7 nitrogen and oxygen atoms in total. The van der Waals surface area contributed by atoms with Crippen LogP contribution in [0.5, 0.6) is 5.75 Å². The molecular formula is C19H18N2O5. The minimum Gasteiger partial charge on any atom is -0.483 e. The molecule has 1 unspecified atom stereocenters. The van der Waals surface area contributed by atoms with Gasteiger partial charge in [-0.2, -0.15) is 0 Å². The van der Waals surface area contributed by atoms with Crippen molar-refractivity contribution in [1.29, 1.82) is 0 Å². The maximum atomic E-state index is 12.8. The lowest BCUT2D eigenvalue weighted by molar-refractivity contribution is 0.0576. The van der Waals surface area contributed by atoms with Gasteiger partial charge in [0.2, 0.25) is 5.43 Å². The predicted molar refractivity (Wildman–Crippen MR) is 92.6 cm³/mol. The summed E-state index contributed by atoms with van der Waals surface area (Å²) in [5.74, 6) is -1.77. The summed E-state index contributed by atoms with van der Waals surface area (Å²) in [5.41, 5.74) is -0.139. The van der Waals surface area contributed by atoms with Gasteiger partial charge < -0.3 is 19.3 Å². The molecule has 2 aliphatic rings. The van der Waals surface area contributed by atoms with Crippen molar-refractivity contribution in [3.05, 3.63) is 63.6 Å². The van der Waals surface area contributed by atoms with Crippen molar-refractivity contribution in [2.75, 3.05) is 13.1 Å². The van der Waals surface area contributed by atoms with E-state index in [0.717, 1.165) is 18.4 Å². The van der Waals surface area contributed by atoms with Crippen LogP contribution in [0.25, 0.3) is 0 Å². The van der Waals surface area contributed by atoms with Gasteiger partial charge in [-0.25, -0.2) is 4.79 Å². The van der Waals surface area contributed by atoms with E-state index in [-0.39, 0.29) is 35.6 Å². The van der Waals surface area contributed by atoms with Crippen LogP contribution >= 0.6 is 0 Å². The number of carboxylic acids is 1. The zero-order valence-electron chi connectivity index (χ0n) is 14.1. The number of fused-ring (bicyclic) bond motifs is 4. The Morgan fingerprint density at radius 1 is 1.23 bits per heavy atom. The summed E-state index contributed by atoms with van der Waals surface area (Å²) in [6.07, 6.45) is 2.97. The Morgan fingerprint density at radius 2 is 2.00 bits per heavy atom. The first-order chi connectivity index (χ1) is 12.6. The average Bonchev–Trinajstić information content (AvgIpc) is 2.66. The van der Waals surface area contributed by atoms with Crippen LogP contribution in [0.4, 0.5) is 0 Å². The van der Waals surface area contributed by atoms with E-state index in [4.69, 9.17) is 4.74 Å². The van der Waals surface area contributed by atoms with Crippen LogP contribution in [0.1, 0.15) is 45.3 Å². The van der Waals surface area contributed by atoms with Crippen LogP contribution in [0.3, 0.4) is 0 Å². The number of carbonyl (C=O) groups excluding carboxylic acids is 1. The summed E-state index contributed by atoms with van der Waals surface area (Å²) >= 11 is 0. The number of benzene rings is 1. The van der Waals surface area contributed by atoms with Crippen LogP contribution in [0.2, 0.25) is 0 Å². The third-order valence-corrected chi connectivity index (χ3v) is 4.93. The molecule has 0 spiro atoms. The van der Waals surface area contributed by atoms with Gasteiger partial charge in [0.15, 0.2) is 11.4 Å². The number of piperidine rings is 1. The molecule has 2 bridgehead atoms. The second kappa shape index (κ2) is 6.33. The van der Waals surface area contributed by atoms with Crippen LogP contribution in [0, 0.1) is 0 Å². The maximum Gasteiger partial charge on any atom is 0.341 e. The molecule has 1 atom stereocenters. The predicted octanol–water partition coefficient (Wildman–Crippen LogP) is 1.92. The van der Waals surface area contributed by atoms with Crippen molar-refractivity contribution in [3.8, 4) is 5.75 Å². The molecule has 1 N–H and O–H groups in total. The standard InChI is InChI=1S/C19H18N2O5/c22-16-14(19(24)25)10-21-13-7-4-8-20(9-13)18(23)15(21)17(16)26-11-12-5-2-1-3-6-12/h1-3,5-6,10,13H,4,7-9,11H2,(H,24,25). The zero-order valence-corrected chi connectivity index (χ0v) is 14.1. The Bertz CT molecular complexity index is 935. The summed E-state index contributed by atoms with van der Waals surface area (Å²) in [6, 6.07) is 9.19. The Kier molecular flexibility index (Phi) is 3.99. The largest absolute Gasteiger partial charge is 0.483 e. The molecule has 7 heteroatoms. The van der Waals surface area contributed by atoms with Gasteiger partial charge in [0, 0.05) is 19.3 Å². The molecule has 1 fully saturated rings. The molecule has 0 saturated carbocycles. The fraction of sp³-hybridized carbons (Fsp3) is 0.316. The zero-order chi connectivity index (χ0) is 18.3. The number of rotatable bonds is 4. The van der Waals surface area contributed by atoms with Crippen LogP contribution < -0.4 is 10.2 Å². The number of pyridine rings is 1. The first-order valence-electron chi connectivity index (χ1n) is 8.54.